The molecular formula is C16H14Cl2N4O4S2. The smallest absolute Gasteiger partial charge is 0.293 e. The van der Waals surface area contributed by atoms with Crippen molar-refractivity contribution < 1.29 is 14.0 Å². The Morgan fingerprint density at radius 3 is 2.57 bits per heavy atom. The summed E-state index contributed by atoms with van der Waals surface area (Å²) in [5.41, 5.74) is -0.307. The van der Waals surface area contributed by atoms with Crippen LogP contribution in [0.4, 0.5) is 5.13 Å². The molecule has 8 nitrogen and oxygen atoms in total. The van der Waals surface area contributed by atoms with Crippen molar-refractivity contribution in [1.82, 2.24) is 14.3 Å². The largest absolute Gasteiger partial charge is 0.449 e. The number of rotatable bonds is 4. The highest BCUT2D eigenvalue weighted by Gasteiger charge is 2.16. The van der Waals surface area contributed by atoms with Crippen molar-refractivity contribution in [2.24, 2.45) is 0 Å². The number of hydrogen-bond donors (Lipinski definition) is 1. The van der Waals surface area contributed by atoms with Gasteiger partial charge in [0.15, 0.2) is 16.8 Å². The van der Waals surface area contributed by atoms with E-state index in [1.54, 1.807) is 14.1 Å². The van der Waals surface area contributed by atoms with E-state index < -0.39 is 11.3 Å². The second kappa shape index (κ2) is 9.87. The first-order chi connectivity index (χ1) is 13.2. The van der Waals surface area contributed by atoms with E-state index in [-0.39, 0.29) is 21.8 Å². The van der Waals surface area contributed by atoms with E-state index in [1.165, 1.54) is 28.8 Å². The molecule has 0 unspecified atom stereocenters. The molecule has 28 heavy (non-hydrogen) atoms. The first kappa shape index (κ1) is 22.2. The number of nitrogens with zero attached hydrogens (tertiary/aromatic N) is 3. The molecule has 0 aliphatic heterocycles. The van der Waals surface area contributed by atoms with E-state index in [0.29, 0.717) is 15.3 Å². The standard InChI is InChI=1S/C13H7Cl2N3O3S2.C3H7NO/c1-22-13-17-12(23-18-13)16-11(20)9-4-8(19)6-2-5(14)3-7(15)10(6)21-9;1-4(2)3-5/h2-4H,1H3,(H,16,17,18,20);3H,1-2H3. The summed E-state index contributed by atoms with van der Waals surface area (Å²) in [7, 11) is 3.38. The molecule has 12 heteroatoms. The van der Waals surface area contributed by atoms with Gasteiger partial charge in [0.25, 0.3) is 5.91 Å². The Balaban J connectivity index is 0.000000500. The Bertz CT molecular complexity index is 1070. The summed E-state index contributed by atoms with van der Waals surface area (Å²) in [4.78, 5) is 39.3. The number of anilines is 1. The lowest BCUT2D eigenvalue weighted by atomic mass is 10.2. The number of fused-ring (bicyclic) bond motifs is 1. The van der Waals surface area contributed by atoms with Crippen LogP contribution in [0.25, 0.3) is 11.0 Å². The number of amides is 2. The van der Waals surface area contributed by atoms with Crippen molar-refractivity contribution in [3.63, 3.8) is 0 Å². The predicted molar refractivity (Wildman–Crippen MR) is 112 cm³/mol. The highest BCUT2D eigenvalue weighted by molar-refractivity contribution is 7.98. The van der Waals surface area contributed by atoms with E-state index >= 15 is 0 Å². The fourth-order valence-corrected chi connectivity index (χ4v) is 3.45. The summed E-state index contributed by atoms with van der Waals surface area (Å²) in [6.45, 7) is 0. The second-order valence-corrected chi connectivity index (χ2v) is 7.72. The van der Waals surface area contributed by atoms with Crippen molar-refractivity contribution in [1.29, 1.82) is 0 Å². The molecule has 0 atom stereocenters. The lowest BCUT2D eigenvalue weighted by Gasteiger charge is -2.04. The van der Waals surface area contributed by atoms with Gasteiger partial charge in [-0.2, -0.15) is 9.36 Å². The van der Waals surface area contributed by atoms with Crippen LogP contribution in [0.5, 0.6) is 0 Å². The fourth-order valence-electron chi connectivity index (χ4n) is 1.80. The molecule has 2 heterocycles. The number of aromatic nitrogens is 2. The van der Waals surface area contributed by atoms with Crippen molar-refractivity contribution in [3.05, 3.63) is 44.2 Å². The van der Waals surface area contributed by atoms with Gasteiger partial charge in [0, 0.05) is 36.7 Å². The zero-order valence-corrected chi connectivity index (χ0v) is 18.0. The Labute approximate surface area is 178 Å². The van der Waals surface area contributed by atoms with Crippen LogP contribution in [0, 0.1) is 0 Å². The van der Waals surface area contributed by atoms with Gasteiger partial charge in [-0.1, -0.05) is 35.0 Å². The molecule has 0 spiro atoms. The third-order valence-electron chi connectivity index (χ3n) is 2.99. The molecule has 2 aromatic heterocycles. The Morgan fingerprint density at radius 2 is 2.00 bits per heavy atom. The van der Waals surface area contributed by atoms with Crippen molar-refractivity contribution in [2.45, 2.75) is 5.16 Å². The molecule has 3 rings (SSSR count). The van der Waals surface area contributed by atoms with E-state index in [9.17, 15) is 14.4 Å². The van der Waals surface area contributed by atoms with Crippen LogP contribution in [-0.4, -0.2) is 46.9 Å². The molecule has 1 N–H and O–H groups in total. The molecule has 0 aliphatic carbocycles. The SMILES string of the molecule is CN(C)C=O.CSc1nsc(NC(=O)c2cc(=O)c3cc(Cl)cc(Cl)c3o2)n1. The average molecular weight is 461 g/mol. The number of carbonyl (C=O) groups excluding carboxylic acids is 2. The van der Waals surface area contributed by atoms with Crippen LogP contribution in [-0.2, 0) is 4.79 Å². The lowest BCUT2D eigenvalue weighted by molar-refractivity contribution is -0.115. The van der Waals surface area contributed by atoms with Gasteiger partial charge in [-0.05, 0) is 18.4 Å². The molecule has 1 aromatic carbocycles. The number of benzene rings is 1. The molecule has 0 bridgehead atoms. The minimum atomic E-state index is -0.612. The Morgan fingerprint density at radius 1 is 1.32 bits per heavy atom. The Kier molecular flexibility index (Phi) is 7.81. The highest BCUT2D eigenvalue weighted by atomic mass is 35.5. The van der Waals surface area contributed by atoms with Gasteiger partial charge in [-0.15, -0.1) is 0 Å². The van der Waals surface area contributed by atoms with Gasteiger partial charge < -0.3 is 9.32 Å². The average Bonchev–Trinajstić information content (AvgIpc) is 3.10. The molecule has 148 valence electrons. The summed E-state index contributed by atoms with van der Waals surface area (Å²) in [6.07, 6.45) is 2.57. The number of nitrogens with one attached hydrogen (secondary N) is 1. The van der Waals surface area contributed by atoms with Gasteiger partial charge >= 0.3 is 0 Å². The predicted octanol–water partition coefficient (Wildman–Crippen LogP) is 3.63. The molecule has 3 aromatic rings. The van der Waals surface area contributed by atoms with Gasteiger partial charge in [0.1, 0.15) is 0 Å². The second-order valence-electron chi connectivity index (χ2n) is 5.35. The summed E-state index contributed by atoms with van der Waals surface area (Å²) >= 11 is 14.3. The van der Waals surface area contributed by atoms with Crippen molar-refractivity contribution >= 4 is 74.9 Å². The first-order valence-corrected chi connectivity index (χ1v) is 10.2. The summed E-state index contributed by atoms with van der Waals surface area (Å²) in [5.74, 6) is -0.786. The van der Waals surface area contributed by atoms with Gasteiger partial charge in [-0.25, -0.2) is 0 Å². The fraction of sp³-hybridized carbons (Fsp3) is 0.188. The zero-order valence-electron chi connectivity index (χ0n) is 14.9. The maximum atomic E-state index is 12.2. The van der Waals surface area contributed by atoms with Crippen LogP contribution in [0.3, 0.4) is 0 Å². The van der Waals surface area contributed by atoms with E-state index in [1.807, 2.05) is 6.26 Å². The van der Waals surface area contributed by atoms with Crippen LogP contribution in [0.15, 0.2) is 32.6 Å². The minimum absolute atomic E-state index is 0.107. The first-order valence-electron chi connectivity index (χ1n) is 7.48. The monoisotopic (exact) mass is 460 g/mol. The molecule has 0 saturated carbocycles. The summed E-state index contributed by atoms with van der Waals surface area (Å²) in [5, 5.41) is 4.05. The van der Waals surface area contributed by atoms with Crippen LogP contribution >= 0.6 is 46.5 Å². The lowest BCUT2D eigenvalue weighted by Crippen LogP contribution is -2.15. The maximum absolute atomic E-state index is 12.2. The van der Waals surface area contributed by atoms with Gasteiger partial charge in [0.2, 0.25) is 16.7 Å². The summed E-state index contributed by atoms with van der Waals surface area (Å²) in [6, 6.07) is 3.96. The van der Waals surface area contributed by atoms with Crippen molar-refractivity contribution in [3.8, 4) is 0 Å². The van der Waals surface area contributed by atoms with Gasteiger partial charge in [-0.3, -0.25) is 19.7 Å². The van der Waals surface area contributed by atoms with E-state index in [2.05, 4.69) is 14.7 Å². The minimum Gasteiger partial charge on any atom is -0.449 e. The summed E-state index contributed by atoms with van der Waals surface area (Å²) < 4.78 is 9.47. The Hall–Kier alpha value is -2.14. The molecular weight excluding hydrogens is 447 g/mol. The molecule has 0 aliphatic rings. The highest BCUT2D eigenvalue weighted by Crippen LogP contribution is 2.27. The van der Waals surface area contributed by atoms with Crippen LogP contribution < -0.4 is 10.7 Å². The van der Waals surface area contributed by atoms with Gasteiger partial charge in [0.05, 0.1) is 10.4 Å². The molecule has 2 amide bonds. The third-order valence-corrected chi connectivity index (χ3v) is 4.79. The third kappa shape index (κ3) is 5.68. The number of carbonyl (C=O) groups is 2. The molecule has 0 saturated heterocycles. The maximum Gasteiger partial charge on any atom is 0.293 e. The number of halogens is 2. The van der Waals surface area contributed by atoms with E-state index in [4.69, 9.17) is 27.6 Å². The topological polar surface area (TPSA) is 105 Å². The normalized spacial score (nSPS) is 10.2. The van der Waals surface area contributed by atoms with E-state index in [0.717, 1.165) is 24.0 Å². The van der Waals surface area contributed by atoms with Crippen LogP contribution in [0.1, 0.15) is 10.6 Å². The number of thioether (sulfide) groups is 1. The zero-order chi connectivity index (χ0) is 20.8. The number of hydrogen-bond acceptors (Lipinski definition) is 8. The molecule has 0 radical (unpaired) electrons. The molecule has 0 fully saturated rings. The quantitative estimate of drug-likeness (QED) is 0.467. The van der Waals surface area contributed by atoms with Crippen molar-refractivity contribution in [2.75, 3.05) is 25.7 Å². The van der Waals surface area contributed by atoms with Crippen LogP contribution in [0.2, 0.25) is 10.0 Å².